The number of rotatable bonds is 4. The van der Waals surface area contributed by atoms with Gasteiger partial charge in [-0.1, -0.05) is 27.7 Å². The van der Waals surface area contributed by atoms with Gasteiger partial charge in [-0.05, 0) is 18.9 Å². The number of nitrogens with zero attached hydrogens (tertiary/aromatic N) is 5. The Morgan fingerprint density at radius 2 is 2.00 bits per heavy atom. The van der Waals surface area contributed by atoms with Gasteiger partial charge in [-0.15, -0.1) is 0 Å². The third-order valence-electron chi connectivity index (χ3n) is 5.08. The van der Waals surface area contributed by atoms with Crippen molar-refractivity contribution in [2.75, 3.05) is 26.2 Å². The SMILES string of the molecule is CCn1nccc1C(=O)N1CC2C(=O)N(CC(C)C)C(=O)N2CC(C)(C)C1. The van der Waals surface area contributed by atoms with Crippen LogP contribution >= 0.6 is 0 Å². The fourth-order valence-electron chi connectivity index (χ4n) is 3.97. The molecule has 148 valence electrons. The van der Waals surface area contributed by atoms with Crippen LogP contribution in [0.5, 0.6) is 0 Å². The van der Waals surface area contributed by atoms with Gasteiger partial charge >= 0.3 is 6.03 Å². The number of aryl methyl sites for hydroxylation is 1. The minimum Gasteiger partial charge on any atom is -0.334 e. The maximum Gasteiger partial charge on any atom is 0.327 e. The number of urea groups is 1. The van der Waals surface area contributed by atoms with Gasteiger partial charge in [-0.3, -0.25) is 19.2 Å². The minimum atomic E-state index is -0.611. The quantitative estimate of drug-likeness (QED) is 0.750. The summed E-state index contributed by atoms with van der Waals surface area (Å²) in [5.74, 6) is -0.147. The zero-order valence-corrected chi connectivity index (χ0v) is 16.8. The fraction of sp³-hybridized carbons (Fsp3) is 0.684. The first-order valence-corrected chi connectivity index (χ1v) is 9.57. The normalized spacial score (nSPS) is 22.4. The Hall–Kier alpha value is -2.38. The van der Waals surface area contributed by atoms with E-state index < -0.39 is 6.04 Å². The van der Waals surface area contributed by atoms with Gasteiger partial charge in [0.05, 0.1) is 6.54 Å². The molecule has 8 nitrogen and oxygen atoms in total. The van der Waals surface area contributed by atoms with E-state index in [1.807, 2.05) is 34.6 Å². The molecule has 0 aromatic carbocycles. The highest BCUT2D eigenvalue weighted by molar-refractivity contribution is 6.05. The average Bonchev–Trinajstić information content (AvgIpc) is 3.09. The lowest BCUT2D eigenvalue weighted by Crippen LogP contribution is -2.44. The molecule has 3 heterocycles. The van der Waals surface area contributed by atoms with Crippen LogP contribution in [0, 0.1) is 11.3 Å². The van der Waals surface area contributed by atoms with Gasteiger partial charge in [-0.25, -0.2) is 4.79 Å². The van der Waals surface area contributed by atoms with Crippen LogP contribution in [-0.2, 0) is 11.3 Å². The first kappa shape index (κ1) is 19.4. The summed E-state index contributed by atoms with van der Waals surface area (Å²) >= 11 is 0. The third kappa shape index (κ3) is 3.57. The highest BCUT2D eigenvalue weighted by Gasteiger charge is 2.50. The van der Waals surface area contributed by atoms with E-state index in [0.29, 0.717) is 31.9 Å². The van der Waals surface area contributed by atoms with Crippen LogP contribution in [0.4, 0.5) is 4.79 Å². The van der Waals surface area contributed by atoms with Crippen LogP contribution in [0.3, 0.4) is 0 Å². The molecule has 0 N–H and O–H groups in total. The van der Waals surface area contributed by atoms with Crippen LogP contribution in [0.25, 0.3) is 0 Å². The predicted molar refractivity (Wildman–Crippen MR) is 100 cm³/mol. The van der Waals surface area contributed by atoms with Crippen LogP contribution in [0.1, 0.15) is 45.1 Å². The Morgan fingerprint density at radius 3 is 2.63 bits per heavy atom. The van der Waals surface area contributed by atoms with E-state index in [9.17, 15) is 14.4 Å². The second kappa shape index (κ2) is 6.98. The van der Waals surface area contributed by atoms with Crippen molar-refractivity contribution in [2.45, 2.75) is 47.2 Å². The maximum absolute atomic E-state index is 13.2. The van der Waals surface area contributed by atoms with Crippen molar-refractivity contribution >= 4 is 17.8 Å². The molecule has 1 atom stereocenters. The molecule has 0 saturated carbocycles. The lowest BCUT2D eigenvalue weighted by Gasteiger charge is -2.31. The number of imide groups is 1. The molecule has 0 bridgehead atoms. The summed E-state index contributed by atoms with van der Waals surface area (Å²) in [5, 5.41) is 4.18. The first-order valence-electron chi connectivity index (χ1n) is 9.57. The van der Waals surface area contributed by atoms with E-state index in [2.05, 4.69) is 5.10 Å². The van der Waals surface area contributed by atoms with E-state index >= 15 is 0 Å². The topological polar surface area (TPSA) is 78.8 Å². The molecule has 8 heteroatoms. The van der Waals surface area contributed by atoms with Gasteiger partial charge in [0.25, 0.3) is 11.8 Å². The minimum absolute atomic E-state index is 0.146. The van der Waals surface area contributed by atoms with Crippen molar-refractivity contribution in [1.29, 1.82) is 0 Å². The number of hydrogen-bond donors (Lipinski definition) is 0. The van der Waals surface area contributed by atoms with Gasteiger partial charge in [-0.2, -0.15) is 5.10 Å². The number of fused-ring (bicyclic) bond motifs is 1. The van der Waals surface area contributed by atoms with Crippen molar-refractivity contribution < 1.29 is 14.4 Å². The van der Waals surface area contributed by atoms with Crippen LogP contribution in [0.15, 0.2) is 12.3 Å². The summed E-state index contributed by atoms with van der Waals surface area (Å²) in [4.78, 5) is 43.6. The number of amides is 4. The molecule has 0 radical (unpaired) electrons. The summed E-state index contributed by atoms with van der Waals surface area (Å²) < 4.78 is 1.66. The second-order valence-corrected chi connectivity index (χ2v) is 8.65. The van der Waals surface area contributed by atoms with E-state index in [4.69, 9.17) is 0 Å². The number of aromatic nitrogens is 2. The number of carbonyl (C=O) groups is 3. The molecule has 27 heavy (non-hydrogen) atoms. The van der Waals surface area contributed by atoms with Crippen molar-refractivity contribution in [1.82, 2.24) is 24.5 Å². The molecule has 3 rings (SSSR count). The lowest BCUT2D eigenvalue weighted by atomic mass is 9.92. The number of carbonyl (C=O) groups excluding carboxylic acids is 3. The zero-order valence-electron chi connectivity index (χ0n) is 16.8. The molecule has 0 aliphatic carbocycles. The van der Waals surface area contributed by atoms with E-state index in [-0.39, 0.29) is 35.7 Å². The number of hydrogen-bond acceptors (Lipinski definition) is 4. The average molecular weight is 375 g/mol. The van der Waals surface area contributed by atoms with Gasteiger partial charge < -0.3 is 9.80 Å². The highest BCUT2D eigenvalue weighted by atomic mass is 16.2. The van der Waals surface area contributed by atoms with Gasteiger partial charge in [0, 0.05) is 37.8 Å². The largest absolute Gasteiger partial charge is 0.334 e. The molecule has 0 spiro atoms. The van der Waals surface area contributed by atoms with Gasteiger partial charge in [0.2, 0.25) is 0 Å². The van der Waals surface area contributed by atoms with Crippen LogP contribution < -0.4 is 0 Å². The van der Waals surface area contributed by atoms with Crippen LogP contribution in [0.2, 0.25) is 0 Å². The molecule has 2 aliphatic rings. The zero-order chi connectivity index (χ0) is 19.9. The maximum atomic E-state index is 13.2. The molecule has 2 aliphatic heterocycles. The Kier molecular flexibility index (Phi) is 5.01. The summed E-state index contributed by atoms with van der Waals surface area (Å²) in [6.07, 6.45) is 1.61. The predicted octanol–water partition coefficient (Wildman–Crippen LogP) is 1.67. The molecule has 2 saturated heterocycles. The summed E-state index contributed by atoms with van der Waals surface area (Å²) in [6.45, 7) is 12.1. The van der Waals surface area contributed by atoms with Crippen molar-refractivity contribution in [3.05, 3.63) is 18.0 Å². The van der Waals surface area contributed by atoms with E-state index in [0.717, 1.165) is 0 Å². The molecule has 4 amide bonds. The first-order chi connectivity index (χ1) is 12.6. The van der Waals surface area contributed by atoms with Crippen molar-refractivity contribution in [3.63, 3.8) is 0 Å². The molecule has 2 fully saturated rings. The highest BCUT2D eigenvalue weighted by Crippen LogP contribution is 2.31. The third-order valence-corrected chi connectivity index (χ3v) is 5.08. The van der Waals surface area contributed by atoms with E-state index in [1.54, 1.807) is 26.7 Å². The fourth-order valence-corrected chi connectivity index (χ4v) is 3.97. The smallest absolute Gasteiger partial charge is 0.327 e. The monoisotopic (exact) mass is 375 g/mol. The Bertz CT molecular complexity index is 754. The Morgan fingerprint density at radius 1 is 1.30 bits per heavy atom. The Balaban J connectivity index is 1.90. The lowest BCUT2D eigenvalue weighted by molar-refractivity contribution is -0.128. The summed E-state index contributed by atoms with van der Waals surface area (Å²) in [5.41, 5.74) is 0.197. The van der Waals surface area contributed by atoms with E-state index in [1.165, 1.54) is 4.90 Å². The summed E-state index contributed by atoms with van der Waals surface area (Å²) in [6, 6.07) is 0.855. The molecule has 1 aromatic heterocycles. The Labute approximate surface area is 160 Å². The molecule has 1 unspecified atom stereocenters. The van der Waals surface area contributed by atoms with Gasteiger partial charge in [0.15, 0.2) is 0 Å². The molecule has 1 aromatic rings. The van der Waals surface area contributed by atoms with Crippen LogP contribution in [-0.4, -0.2) is 74.5 Å². The summed E-state index contributed by atoms with van der Waals surface area (Å²) in [7, 11) is 0. The molecular formula is C19H29N5O3. The molecular weight excluding hydrogens is 346 g/mol. The van der Waals surface area contributed by atoms with Crippen molar-refractivity contribution in [2.24, 2.45) is 11.3 Å². The van der Waals surface area contributed by atoms with Gasteiger partial charge in [0.1, 0.15) is 11.7 Å². The standard InChI is InChI=1S/C19H29N5O3/c1-6-24-14(7-8-20-24)16(25)21-10-15-17(26)22(9-13(2)3)18(27)23(15)12-19(4,5)11-21/h7-8,13,15H,6,9-12H2,1-5H3. The van der Waals surface area contributed by atoms with Crippen molar-refractivity contribution in [3.8, 4) is 0 Å². The second-order valence-electron chi connectivity index (χ2n) is 8.65.